The van der Waals surface area contributed by atoms with Gasteiger partial charge in [-0.3, -0.25) is 4.79 Å². The molecule has 0 aliphatic heterocycles. The normalized spacial score (nSPS) is 13.4. The molecule has 324 valence electrons. The first-order chi connectivity index (χ1) is 26.6. The number of nitrogens with one attached hydrogen (secondary N) is 1. The predicted molar refractivity (Wildman–Crippen MR) is 236 cm³/mol. The second-order valence-electron chi connectivity index (χ2n) is 17.4. The first-order valence-corrected chi connectivity index (χ1v) is 24.8. The molecule has 0 aliphatic rings. The van der Waals surface area contributed by atoms with Gasteiger partial charge < -0.3 is 20.6 Å². The zero-order valence-corrected chi connectivity index (χ0v) is 36.9. The monoisotopic (exact) mass is 766 g/mol. The lowest BCUT2D eigenvalue weighted by molar-refractivity contribution is -0.131. The van der Waals surface area contributed by atoms with Gasteiger partial charge in [0, 0.05) is 0 Å². The van der Waals surface area contributed by atoms with E-state index in [-0.39, 0.29) is 6.61 Å². The summed E-state index contributed by atoms with van der Waals surface area (Å²) < 4.78 is 0. The number of amides is 1. The van der Waals surface area contributed by atoms with Gasteiger partial charge in [-0.15, -0.1) is 0 Å². The van der Waals surface area contributed by atoms with Gasteiger partial charge in [-0.2, -0.15) is 0 Å². The van der Waals surface area contributed by atoms with Crippen LogP contribution in [0.2, 0.25) is 0 Å². The van der Waals surface area contributed by atoms with Crippen molar-refractivity contribution in [3.05, 3.63) is 0 Å². The van der Waals surface area contributed by atoms with Crippen molar-refractivity contribution in [2.24, 2.45) is 0 Å². The van der Waals surface area contributed by atoms with Gasteiger partial charge in [0.1, 0.15) is 6.10 Å². The number of hydrogen-bond acceptors (Lipinski definition) is 4. The minimum absolute atomic E-state index is 0.309. The maximum absolute atomic E-state index is 12.5. The number of unbranched alkanes of at least 4 members (excludes halogenated alkanes) is 38. The van der Waals surface area contributed by atoms with Gasteiger partial charge in [-0.05, 0) is 12.8 Å². The zero-order valence-electron chi connectivity index (χ0n) is 36.9. The molecule has 0 aromatic rings. The lowest BCUT2D eigenvalue weighted by Gasteiger charge is -2.23. The Kier molecular flexibility index (Phi) is 44.5. The highest BCUT2D eigenvalue weighted by atomic mass is 16.3. The molecule has 4 N–H and O–H groups in total. The molecular formula is C49H99NO4. The van der Waals surface area contributed by atoms with E-state index >= 15 is 0 Å². The van der Waals surface area contributed by atoms with Crippen LogP contribution in [0.3, 0.4) is 0 Å². The molecule has 0 fully saturated rings. The lowest BCUT2D eigenvalue weighted by Crippen LogP contribution is -2.49. The maximum Gasteiger partial charge on any atom is 0.249 e. The number of carbonyl (C=O) groups excluding carboxylic acids is 1. The highest BCUT2D eigenvalue weighted by Crippen LogP contribution is 2.18. The summed E-state index contributed by atoms with van der Waals surface area (Å²) in [4.78, 5) is 12.5. The molecule has 0 spiro atoms. The van der Waals surface area contributed by atoms with Gasteiger partial charge in [-0.25, -0.2) is 0 Å². The van der Waals surface area contributed by atoms with Crippen molar-refractivity contribution in [3.8, 4) is 0 Å². The molecule has 0 heterocycles. The fourth-order valence-corrected chi connectivity index (χ4v) is 8.08. The van der Waals surface area contributed by atoms with Crippen LogP contribution in [0.15, 0.2) is 0 Å². The predicted octanol–water partition coefficient (Wildman–Crippen LogP) is 14.6. The lowest BCUT2D eigenvalue weighted by atomic mass is 10.0. The van der Waals surface area contributed by atoms with E-state index in [0.29, 0.717) is 12.8 Å². The topological polar surface area (TPSA) is 89.8 Å². The molecule has 0 bridgehead atoms. The van der Waals surface area contributed by atoms with E-state index in [4.69, 9.17) is 0 Å². The molecule has 0 aromatic heterocycles. The summed E-state index contributed by atoms with van der Waals surface area (Å²) in [5.41, 5.74) is 0. The van der Waals surface area contributed by atoms with Crippen LogP contribution in [0.1, 0.15) is 284 Å². The van der Waals surface area contributed by atoms with Crippen molar-refractivity contribution in [1.82, 2.24) is 5.32 Å². The highest BCUT2D eigenvalue weighted by Gasteiger charge is 2.23. The third kappa shape index (κ3) is 39.6. The molecule has 3 atom stereocenters. The first-order valence-electron chi connectivity index (χ1n) is 24.8. The van der Waals surface area contributed by atoms with Crippen molar-refractivity contribution >= 4 is 5.91 Å². The molecule has 0 aromatic carbocycles. The second kappa shape index (κ2) is 45.1. The van der Waals surface area contributed by atoms with Crippen molar-refractivity contribution in [2.75, 3.05) is 6.61 Å². The summed E-state index contributed by atoms with van der Waals surface area (Å²) in [7, 11) is 0. The van der Waals surface area contributed by atoms with Crippen molar-refractivity contribution in [1.29, 1.82) is 0 Å². The Morgan fingerprint density at radius 3 is 0.833 bits per heavy atom. The number of carbonyl (C=O) groups is 1. The average molecular weight is 766 g/mol. The Bertz CT molecular complexity index is 718. The van der Waals surface area contributed by atoms with Gasteiger partial charge >= 0.3 is 0 Å². The number of aliphatic hydroxyl groups is 3. The summed E-state index contributed by atoms with van der Waals surface area (Å²) >= 11 is 0. The minimum Gasteiger partial charge on any atom is -0.394 e. The summed E-state index contributed by atoms with van der Waals surface area (Å²) in [5.74, 6) is -0.466. The quantitative estimate of drug-likeness (QED) is 0.0465. The first kappa shape index (κ1) is 53.4. The van der Waals surface area contributed by atoms with Gasteiger partial charge in [0.2, 0.25) is 5.91 Å². The molecule has 5 heteroatoms. The molecule has 5 nitrogen and oxygen atoms in total. The van der Waals surface area contributed by atoms with E-state index in [1.807, 2.05) is 0 Å². The smallest absolute Gasteiger partial charge is 0.249 e. The summed E-state index contributed by atoms with van der Waals surface area (Å²) in [6.45, 7) is 4.24. The number of rotatable bonds is 46. The summed E-state index contributed by atoms with van der Waals surface area (Å²) in [6.07, 6.45) is 52.9. The standard InChI is InChI=1S/C49H99NO4/c1-3-5-7-9-11-13-15-16-17-18-19-20-21-22-23-24-25-26-27-28-29-30-31-32-33-34-36-38-40-42-44-48(53)49(54)50-46(45-51)47(52)43-41-39-37-35-14-12-10-8-6-4-2/h46-48,51-53H,3-45H2,1-2H3,(H,50,54). The maximum atomic E-state index is 12.5. The van der Waals surface area contributed by atoms with Crippen LogP contribution in [0.25, 0.3) is 0 Å². The van der Waals surface area contributed by atoms with Gasteiger partial charge in [-0.1, -0.05) is 271 Å². The number of hydrogen-bond donors (Lipinski definition) is 4. The van der Waals surface area contributed by atoms with E-state index in [0.717, 1.165) is 32.1 Å². The van der Waals surface area contributed by atoms with Crippen LogP contribution in [-0.2, 0) is 4.79 Å². The molecular weight excluding hydrogens is 667 g/mol. The Balaban J connectivity index is 3.43. The van der Waals surface area contributed by atoms with Crippen molar-refractivity contribution in [3.63, 3.8) is 0 Å². The van der Waals surface area contributed by atoms with Crippen molar-refractivity contribution < 1.29 is 20.1 Å². The molecule has 0 saturated heterocycles. The van der Waals surface area contributed by atoms with E-state index in [1.54, 1.807) is 0 Å². The Hall–Kier alpha value is -0.650. The fourth-order valence-electron chi connectivity index (χ4n) is 8.08. The van der Waals surface area contributed by atoms with Crippen LogP contribution < -0.4 is 5.32 Å². The Morgan fingerprint density at radius 2 is 0.593 bits per heavy atom. The molecule has 0 radical (unpaired) electrons. The van der Waals surface area contributed by atoms with Crippen LogP contribution in [-0.4, -0.2) is 46.1 Å². The molecule has 0 rings (SSSR count). The Labute approximate surface area is 338 Å². The van der Waals surface area contributed by atoms with Crippen LogP contribution in [0.5, 0.6) is 0 Å². The van der Waals surface area contributed by atoms with Crippen LogP contribution in [0.4, 0.5) is 0 Å². The Morgan fingerprint density at radius 1 is 0.370 bits per heavy atom. The van der Waals surface area contributed by atoms with Gasteiger partial charge in [0.25, 0.3) is 0 Å². The largest absolute Gasteiger partial charge is 0.394 e. The third-order valence-electron chi connectivity index (χ3n) is 12.0. The highest BCUT2D eigenvalue weighted by molar-refractivity contribution is 5.80. The zero-order chi connectivity index (χ0) is 39.4. The SMILES string of the molecule is CCCCCCCCCCCCCCCCCCCCCCCCCCCCCCCCC(O)C(=O)NC(CO)C(O)CCCCCCCCCCCC. The van der Waals surface area contributed by atoms with Crippen LogP contribution >= 0.6 is 0 Å². The summed E-state index contributed by atoms with van der Waals surface area (Å²) in [5, 5.41) is 33.2. The molecule has 0 aliphatic carbocycles. The van der Waals surface area contributed by atoms with E-state index in [1.165, 1.54) is 225 Å². The molecule has 0 saturated carbocycles. The van der Waals surface area contributed by atoms with Gasteiger partial charge in [0.05, 0.1) is 18.8 Å². The van der Waals surface area contributed by atoms with Crippen LogP contribution in [0, 0.1) is 0 Å². The van der Waals surface area contributed by atoms with Gasteiger partial charge in [0.15, 0.2) is 0 Å². The van der Waals surface area contributed by atoms with Crippen molar-refractivity contribution in [2.45, 2.75) is 302 Å². The molecule has 3 unspecified atom stereocenters. The van der Waals surface area contributed by atoms with E-state index < -0.39 is 24.2 Å². The number of aliphatic hydroxyl groups excluding tert-OH is 3. The third-order valence-corrected chi connectivity index (χ3v) is 12.0. The molecule has 1 amide bonds. The molecule has 54 heavy (non-hydrogen) atoms. The second-order valence-corrected chi connectivity index (χ2v) is 17.4. The minimum atomic E-state index is -1.07. The van der Waals surface area contributed by atoms with E-state index in [9.17, 15) is 20.1 Å². The summed E-state index contributed by atoms with van der Waals surface area (Å²) in [6, 6.07) is -0.704. The fraction of sp³-hybridized carbons (Fsp3) is 0.980. The average Bonchev–Trinajstić information content (AvgIpc) is 3.18. The van der Waals surface area contributed by atoms with E-state index in [2.05, 4.69) is 19.2 Å².